The fourth-order valence-corrected chi connectivity index (χ4v) is 6.75. The summed E-state index contributed by atoms with van der Waals surface area (Å²) in [4.78, 5) is 33.9. The van der Waals surface area contributed by atoms with E-state index >= 15 is 0 Å². The largest absolute Gasteiger partial charge is 0.316 e. The first-order valence-electron chi connectivity index (χ1n) is 14.5. The van der Waals surface area contributed by atoms with Gasteiger partial charge in [-0.05, 0) is 61.2 Å². The molecule has 0 aliphatic carbocycles. The van der Waals surface area contributed by atoms with Crippen molar-refractivity contribution in [2.24, 2.45) is 5.92 Å². The molecule has 4 aromatic carbocycles. The number of sulfonamides is 1. The number of para-hydroxylation sites is 2. The molecule has 2 heterocycles. The number of benzene rings is 4. The Kier molecular flexibility index (Phi) is 7.88. The minimum atomic E-state index is -4.18. The molecule has 2 amide bonds. The van der Waals surface area contributed by atoms with Gasteiger partial charge in [0.25, 0.3) is 10.0 Å². The normalized spacial score (nSPS) is 14.7. The van der Waals surface area contributed by atoms with Gasteiger partial charge in [0, 0.05) is 17.8 Å². The van der Waals surface area contributed by atoms with E-state index < -0.39 is 27.8 Å². The van der Waals surface area contributed by atoms with E-state index in [9.17, 15) is 18.0 Å². The van der Waals surface area contributed by atoms with Gasteiger partial charge in [0.1, 0.15) is 11.7 Å². The van der Waals surface area contributed by atoms with Crippen molar-refractivity contribution in [3.8, 4) is 0 Å². The summed E-state index contributed by atoms with van der Waals surface area (Å²) < 4.78 is 30.3. The Labute approximate surface area is 256 Å². The molecule has 5 aromatic rings. The lowest BCUT2D eigenvalue weighted by molar-refractivity contribution is -0.132. The van der Waals surface area contributed by atoms with Crippen LogP contribution >= 0.6 is 0 Å². The van der Waals surface area contributed by atoms with Crippen LogP contribution < -0.4 is 9.62 Å². The second kappa shape index (κ2) is 11.9. The van der Waals surface area contributed by atoms with Crippen molar-refractivity contribution in [1.29, 1.82) is 0 Å². The number of nitrogens with one attached hydrogen (secondary N) is 1. The minimum Gasteiger partial charge on any atom is -0.316 e. The second-order valence-electron chi connectivity index (χ2n) is 10.8. The van der Waals surface area contributed by atoms with Crippen molar-refractivity contribution in [3.63, 3.8) is 0 Å². The predicted molar refractivity (Wildman–Crippen MR) is 172 cm³/mol. The number of anilines is 1. The third-order valence-electron chi connectivity index (χ3n) is 7.93. The first kappa shape index (κ1) is 29.1. The van der Waals surface area contributed by atoms with Crippen LogP contribution in [0.2, 0.25) is 0 Å². The molecule has 1 aliphatic heterocycles. The van der Waals surface area contributed by atoms with Gasteiger partial charge in [-0.2, -0.15) is 0 Å². The number of hydrogen-bond acceptors (Lipinski definition) is 5. The maximum absolute atomic E-state index is 14.0. The summed E-state index contributed by atoms with van der Waals surface area (Å²) in [5, 5.41) is 0.944. The minimum absolute atomic E-state index is 0.0178. The topological polar surface area (TPSA) is 101 Å². The van der Waals surface area contributed by atoms with Crippen LogP contribution in [0.5, 0.6) is 0 Å². The number of aryl methyl sites for hydroxylation is 1. The molecular weight excluding hydrogens is 572 g/mol. The zero-order valence-corrected chi connectivity index (χ0v) is 25.2. The van der Waals surface area contributed by atoms with Gasteiger partial charge in [-0.3, -0.25) is 9.59 Å². The highest BCUT2D eigenvalue weighted by molar-refractivity contribution is 7.93. The van der Waals surface area contributed by atoms with Crippen LogP contribution in [-0.4, -0.2) is 36.3 Å². The first-order valence-corrected chi connectivity index (χ1v) is 16.0. The lowest BCUT2D eigenvalue weighted by Gasteiger charge is -2.26. The quantitative estimate of drug-likeness (QED) is 0.205. The maximum Gasteiger partial charge on any atom is 0.257 e. The van der Waals surface area contributed by atoms with E-state index in [0.717, 1.165) is 39.0 Å². The third kappa shape index (κ3) is 5.66. The summed E-state index contributed by atoms with van der Waals surface area (Å²) in [6.45, 7) is 4.11. The van der Waals surface area contributed by atoms with Crippen LogP contribution in [0.25, 0.3) is 17.1 Å². The lowest BCUT2D eigenvalue weighted by atomic mass is 9.92. The summed E-state index contributed by atoms with van der Waals surface area (Å²) in [5.74, 6) is -1.74. The number of aromatic nitrogens is 2. The number of carbonyl (C=O) groups is 2. The molecule has 0 saturated carbocycles. The summed E-state index contributed by atoms with van der Waals surface area (Å²) >= 11 is 0. The third-order valence-corrected chi connectivity index (χ3v) is 8.91. The summed E-state index contributed by atoms with van der Waals surface area (Å²) in [7, 11) is -4.18. The van der Waals surface area contributed by atoms with Gasteiger partial charge in [-0.15, -0.1) is 0 Å². The van der Waals surface area contributed by atoms with Crippen molar-refractivity contribution < 1.29 is 18.0 Å². The number of hydrogen-bond donors (Lipinski definition) is 1. The highest BCUT2D eigenvalue weighted by Crippen LogP contribution is 2.41. The van der Waals surface area contributed by atoms with Crippen LogP contribution in [0, 0.1) is 12.8 Å². The van der Waals surface area contributed by atoms with Crippen molar-refractivity contribution in [2.45, 2.75) is 26.3 Å². The van der Waals surface area contributed by atoms with E-state index in [1.54, 1.807) is 36.4 Å². The lowest BCUT2D eigenvalue weighted by Crippen LogP contribution is -2.46. The van der Waals surface area contributed by atoms with Gasteiger partial charge in [0.15, 0.2) is 0 Å². The molecule has 2 unspecified atom stereocenters. The molecule has 1 N–H and O–H groups in total. The van der Waals surface area contributed by atoms with Gasteiger partial charge in [0.2, 0.25) is 11.8 Å². The van der Waals surface area contributed by atoms with Gasteiger partial charge in [-0.25, -0.2) is 18.1 Å². The van der Waals surface area contributed by atoms with E-state index in [4.69, 9.17) is 4.98 Å². The predicted octanol–water partition coefficient (Wildman–Crippen LogP) is 5.62. The SMILES string of the molecule is CCN(C(=O)C(Cc1cccc(C2c3cccc4c3nc(C)n42)c1)C(=O)NS(=O)(=O)/C=C/c1ccccc1)c1ccccc1. The number of nitrogens with zero attached hydrogens (tertiary/aromatic N) is 3. The zero-order valence-electron chi connectivity index (χ0n) is 24.4. The Balaban J connectivity index is 1.31. The van der Waals surface area contributed by atoms with Crippen molar-refractivity contribution in [1.82, 2.24) is 14.3 Å². The Morgan fingerprint density at radius 2 is 1.66 bits per heavy atom. The van der Waals surface area contributed by atoms with Gasteiger partial charge < -0.3 is 9.47 Å². The molecule has 1 aliphatic rings. The molecule has 8 nitrogen and oxygen atoms in total. The molecule has 0 saturated heterocycles. The number of carbonyl (C=O) groups excluding carboxylic acids is 2. The standard InChI is InChI=1S/C35H32N4O4S/c1-3-38(28-16-8-5-9-17-28)35(41)30(34(40)37-44(42,43)21-20-25-12-6-4-7-13-25)23-26-14-10-15-27(22-26)33-29-18-11-19-31-32(29)36-24(2)39(31)33/h4-22,30,33H,3,23H2,1-2H3,(H,37,40)/b21-20+. The van der Waals surface area contributed by atoms with Crippen LogP contribution in [0.3, 0.4) is 0 Å². The van der Waals surface area contributed by atoms with Gasteiger partial charge >= 0.3 is 0 Å². The van der Waals surface area contributed by atoms with E-state index in [1.807, 2.05) is 68.4 Å². The molecular formula is C35H32N4O4S. The average molecular weight is 605 g/mol. The highest BCUT2D eigenvalue weighted by atomic mass is 32.2. The summed E-state index contributed by atoms with van der Waals surface area (Å²) in [6, 6.07) is 31.8. The zero-order chi connectivity index (χ0) is 30.8. The van der Waals surface area contributed by atoms with E-state index in [2.05, 4.69) is 21.4 Å². The molecule has 0 radical (unpaired) electrons. The Morgan fingerprint density at radius 3 is 2.36 bits per heavy atom. The van der Waals surface area contributed by atoms with E-state index in [0.29, 0.717) is 17.8 Å². The highest BCUT2D eigenvalue weighted by Gasteiger charge is 2.34. The number of amides is 2. The average Bonchev–Trinajstić information content (AvgIpc) is 3.43. The first-order chi connectivity index (χ1) is 21.3. The molecule has 0 spiro atoms. The van der Waals surface area contributed by atoms with Crippen molar-refractivity contribution >= 4 is 44.6 Å². The Bertz CT molecular complexity index is 1990. The molecule has 0 fully saturated rings. The van der Waals surface area contributed by atoms with Crippen LogP contribution in [0.4, 0.5) is 5.69 Å². The smallest absolute Gasteiger partial charge is 0.257 e. The molecule has 222 valence electrons. The summed E-state index contributed by atoms with van der Waals surface area (Å²) in [6.07, 6.45) is 1.42. The monoisotopic (exact) mass is 604 g/mol. The Hall–Kier alpha value is -5.02. The molecule has 9 heteroatoms. The molecule has 44 heavy (non-hydrogen) atoms. The van der Waals surface area contributed by atoms with Crippen molar-refractivity contribution in [3.05, 3.63) is 137 Å². The molecule has 6 rings (SSSR count). The van der Waals surface area contributed by atoms with Crippen LogP contribution in [0.1, 0.15) is 41.0 Å². The number of imidazole rings is 1. The van der Waals surface area contributed by atoms with E-state index in [1.165, 1.54) is 11.0 Å². The van der Waals surface area contributed by atoms with Crippen molar-refractivity contribution in [2.75, 3.05) is 11.4 Å². The van der Waals surface area contributed by atoms with Crippen LogP contribution in [-0.2, 0) is 26.0 Å². The molecule has 2 atom stereocenters. The van der Waals surface area contributed by atoms with E-state index in [-0.39, 0.29) is 12.5 Å². The second-order valence-corrected chi connectivity index (χ2v) is 12.4. The Morgan fingerprint density at radius 1 is 0.955 bits per heavy atom. The fraction of sp³-hybridized carbons (Fsp3) is 0.171. The number of rotatable bonds is 10. The van der Waals surface area contributed by atoms with Gasteiger partial charge in [-0.1, -0.05) is 84.9 Å². The van der Waals surface area contributed by atoms with Gasteiger partial charge in [0.05, 0.1) is 22.5 Å². The fourth-order valence-electron chi connectivity index (χ4n) is 5.93. The molecule has 1 aromatic heterocycles. The summed E-state index contributed by atoms with van der Waals surface area (Å²) in [5.41, 5.74) is 6.19. The molecule has 4 bridgehead atoms. The maximum atomic E-state index is 14.0. The van der Waals surface area contributed by atoms with Crippen LogP contribution in [0.15, 0.2) is 109 Å².